The van der Waals surface area contributed by atoms with Crippen molar-refractivity contribution in [3.63, 3.8) is 0 Å². The Balaban J connectivity index is 1.54. The average molecular weight is 373 g/mol. The number of carbonyl (C=O) groups is 1. The van der Waals surface area contributed by atoms with Crippen molar-refractivity contribution < 1.29 is 9.18 Å². The summed E-state index contributed by atoms with van der Waals surface area (Å²) < 4.78 is 14.8. The zero-order chi connectivity index (χ0) is 18.9. The zero-order valence-corrected chi connectivity index (χ0v) is 15.4. The number of amides is 1. The van der Waals surface area contributed by atoms with Crippen LogP contribution in [-0.4, -0.2) is 62.3 Å². The van der Waals surface area contributed by atoms with E-state index in [2.05, 4.69) is 20.4 Å². The van der Waals surface area contributed by atoms with Gasteiger partial charge in [0.15, 0.2) is 5.82 Å². The van der Waals surface area contributed by atoms with Gasteiger partial charge in [-0.05, 0) is 25.7 Å². The van der Waals surface area contributed by atoms with Crippen molar-refractivity contribution in [1.29, 1.82) is 0 Å². The number of rotatable bonds is 4. The first-order valence-electron chi connectivity index (χ1n) is 9.35. The van der Waals surface area contributed by atoms with E-state index in [1.807, 2.05) is 29.1 Å². The van der Waals surface area contributed by atoms with Crippen molar-refractivity contribution in [3.05, 3.63) is 30.5 Å². The van der Waals surface area contributed by atoms with E-state index in [9.17, 15) is 9.18 Å². The molecule has 2 aromatic heterocycles. The number of aryl methyl sites for hydroxylation is 1. The zero-order valence-electron chi connectivity index (χ0n) is 15.4. The van der Waals surface area contributed by atoms with Gasteiger partial charge in [-0.1, -0.05) is 0 Å². The predicted octanol–water partition coefficient (Wildman–Crippen LogP) is 1.42. The molecule has 0 spiro atoms. The van der Waals surface area contributed by atoms with Crippen molar-refractivity contribution in [2.24, 2.45) is 7.05 Å². The molecule has 0 aliphatic carbocycles. The number of carbonyl (C=O) groups excluding carboxylic acids is 1. The van der Waals surface area contributed by atoms with Crippen LogP contribution in [0.2, 0.25) is 0 Å². The number of aromatic nitrogens is 4. The molecular weight excluding hydrogens is 349 g/mol. The molecule has 2 saturated heterocycles. The fourth-order valence-corrected chi connectivity index (χ4v) is 3.90. The van der Waals surface area contributed by atoms with Crippen LogP contribution in [0.4, 0.5) is 16.2 Å². The molecule has 0 aromatic carbocycles. The fraction of sp³-hybridized carbons (Fsp3) is 0.556. The van der Waals surface area contributed by atoms with E-state index < -0.39 is 11.4 Å². The van der Waals surface area contributed by atoms with Crippen molar-refractivity contribution in [2.75, 3.05) is 36.4 Å². The Morgan fingerprint density at radius 1 is 1.15 bits per heavy atom. The minimum Gasteiger partial charge on any atom is -0.354 e. The molecule has 2 aliphatic heterocycles. The molecule has 2 fully saturated rings. The quantitative estimate of drug-likeness (QED) is 0.873. The highest BCUT2D eigenvalue weighted by Crippen LogP contribution is 2.31. The van der Waals surface area contributed by atoms with Gasteiger partial charge in [0.2, 0.25) is 11.9 Å². The molecule has 27 heavy (non-hydrogen) atoms. The number of anilines is 2. The number of likely N-dealkylation sites (tertiary alicyclic amines) is 1. The van der Waals surface area contributed by atoms with Gasteiger partial charge in [-0.2, -0.15) is 5.10 Å². The third kappa shape index (κ3) is 3.58. The van der Waals surface area contributed by atoms with E-state index in [1.54, 1.807) is 4.68 Å². The first-order valence-corrected chi connectivity index (χ1v) is 9.35. The highest BCUT2D eigenvalue weighted by atomic mass is 19.1. The van der Waals surface area contributed by atoms with Crippen LogP contribution in [0.1, 0.15) is 25.7 Å². The summed E-state index contributed by atoms with van der Waals surface area (Å²) >= 11 is 0. The molecule has 2 aliphatic rings. The van der Waals surface area contributed by atoms with Crippen LogP contribution < -0.4 is 10.2 Å². The average Bonchev–Trinajstić information content (AvgIpc) is 3.34. The Morgan fingerprint density at radius 2 is 1.81 bits per heavy atom. The lowest BCUT2D eigenvalue weighted by atomic mass is 9.85. The van der Waals surface area contributed by atoms with Gasteiger partial charge >= 0.3 is 0 Å². The van der Waals surface area contributed by atoms with E-state index in [0.29, 0.717) is 37.7 Å². The lowest BCUT2D eigenvalue weighted by molar-refractivity contribution is -0.135. The number of hydrogen-bond acceptors (Lipinski definition) is 6. The molecule has 4 rings (SSSR count). The van der Waals surface area contributed by atoms with Gasteiger partial charge in [0.05, 0.1) is 12.4 Å². The Bertz CT molecular complexity index is 792. The molecular formula is C18H24FN7O. The van der Waals surface area contributed by atoms with Crippen LogP contribution in [0.25, 0.3) is 0 Å². The highest BCUT2D eigenvalue weighted by molar-refractivity contribution is 5.90. The normalized spacial score (nSPS) is 19.3. The molecule has 2 aromatic rings. The smallest absolute Gasteiger partial charge is 0.248 e. The molecule has 0 bridgehead atoms. The third-order valence-electron chi connectivity index (χ3n) is 5.39. The first kappa shape index (κ1) is 17.7. The monoisotopic (exact) mass is 373 g/mol. The Labute approximate surface area is 157 Å². The van der Waals surface area contributed by atoms with Crippen molar-refractivity contribution in [2.45, 2.75) is 31.2 Å². The number of nitrogens with zero attached hydrogens (tertiary/aromatic N) is 6. The van der Waals surface area contributed by atoms with Gasteiger partial charge < -0.3 is 15.1 Å². The van der Waals surface area contributed by atoms with Crippen LogP contribution >= 0.6 is 0 Å². The standard InChI is InChI=1S/C18H24FN7O/c1-24-9-4-15(23-24)22-18(16(27)25-7-2-3-8-25)5-10-26(11-6-18)17-20-12-14(19)13-21-17/h4,9,12-13H,2-3,5-8,10-11H2,1H3,(H,22,23). The lowest BCUT2D eigenvalue weighted by Gasteiger charge is -2.43. The van der Waals surface area contributed by atoms with Crippen molar-refractivity contribution in [1.82, 2.24) is 24.6 Å². The highest BCUT2D eigenvalue weighted by Gasteiger charge is 2.45. The molecule has 0 radical (unpaired) electrons. The summed E-state index contributed by atoms with van der Waals surface area (Å²) in [5, 5.41) is 7.82. The van der Waals surface area contributed by atoms with Crippen LogP contribution in [-0.2, 0) is 11.8 Å². The van der Waals surface area contributed by atoms with E-state index in [4.69, 9.17) is 0 Å². The SMILES string of the molecule is Cn1ccc(NC2(C(=O)N3CCCC3)CCN(c3ncc(F)cn3)CC2)n1. The molecule has 144 valence electrons. The van der Waals surface area contributed by atoms with E-state index >= 15 is 0 Å². The lowest BCUT2D eigenvalue weighted by Crippen LogP contribution is -2.59. The van der Waals surface area contributed by atoms with E-state index in [0.717, 1.165) is 25.9 Å². The predicted molar refractivity (Wildman–Crippen MR) is 98.8 cm³/mol. The maximum atomic E-state index is 13.4. The Hall–Kier alpha value is -2.71. The molecule has 4 heterocycles. The maximum absolute atomic E-state index is 13.4. The summed E-state index contributed by atoms with van der Waals surface area (Å²) in [6.07, 6.45) is 7.54. The summed E-state index contributed by atoms with van der Waals surface area (Å²) in [6, 6.07) is 1.88. The van der Waals surface area contributed by atoms with E-state index in [1.165, 1.54) is 12.4 Å². The summed E-state index contributed by atoms with van der Waals surface area (Å²) in [5.41, 5.74) is -0.685. The number of hydrogen-bond donors (Lipinski definition) is 1. The van der Waals surface area contributed by atoms with Gasteiger partial charge in [0.1, 0.15) is 11.4 Å². The van der Waals surface area contributed by atoms with Crippen LogP contribution in [0.15, 0.2) is 24.7 Å². The molecule has 1 amide bonds. The molecule has 9 heteroatoms. The minimum absolute atomic E-state index is 0.144. The molecule has 0 unspecified atom stereocenters. The summed E-state index contributed by atoms with van der Waals surface area (Å²) in [5.74, 6) is 0.893. The van der Waals surface area contributed by atoms with Crippen LogP contribution in [0.5, 0.6) is 0 Å². The first-order chi connectivity index (χ1) is 13.1. The van der Waals surface area contributed by atoms with E-state index in [-0.39, 0.29) is 5.91 Å². The van der Waals surface area contributed by atoms with Gasteiger partial charge in [0.25, 0.3) is 0 Å². The summed E-state index contributed by atoms with van der Waals surface area (Å²) in [6.45, 7) is 2.86. The topological polar surface area (TPSA) is 79.2 Å². The Kier molecular flexibility index (Phi) is 4.67. The molecule has 0 atom stereocenters. The van der Waals surface area contributed by atoms with Crippen LogP contribution in [0.3, 0.4) is 0 Å². The number of nitrogens with one attached hydrogen (secondary N) is 1. The number of piperidine rings is 1. The van der Waals surface area contributed by atoms with Gasteiger partial charge in [-0.15, -0.1) is 0 Å². The van der Waals surface area contributed by atoms with Gasteiger partial charge in [-0.3, -0.25) is 9.48 Å². The second-order valence-electron chi connectivity index (χ2n) is 7.27. The summed E-state index contributed by atoms with van der Waals surface area (Å²) in [7, 11) is 1.86. The Morgan fingerprint density at radius 3 is 2.41 bits per heavy atom. The second-order valence-corrected chi connectivity index (χ2v) is 7.27. The third-order valence-corrected chi connectivity index (χ3v) is 5.39. The van der Waals surface area contributed by atoms with Crippen LogP contribution in [0, 0.1) is 5.82 Å². The van der Waals surface area contributed by atoms with Crippen molar-refractivity contribution >= 4 is 17.7 Å². The molecule has 8 nitrogen and oxygen atoms in total. The van der Waals surface area contributed by atoms with Gasteiger partial charge in [0, 0.05) is 45.5 Å². The maximum Gasteiger partial charge on any atom is 0.248 e. The van der Waals surface area contributed by atoms with Gasteiger partial charge in [-0.25, -0.2) is 14.4 Å². The van der Waals surface area contributed by atoms with Crippen molar-refractivity contribution in [3.8, 4) is 0 Å². The summed E-state index contributed by atoms with van der Waals surface area (Å²) in [4.78, 5) is 25.4. The minimum atomic E-state index is -0.685. The largest absolute Gasteiger partial charge is 0.354 e. The fourth-order valence-electron chi connectivity index (χ4n) is 3.90. The second kappa shape index (κ2) is 7.13. The number of halogens is 1. The molecule has 0 saturated carbocycles. The molecule has 1 N–H and O–H groups in total.